The summed E-state index contributed by atoms with van der Waals surface area (Å²) in [5.74, 6) is 0.104. The van der Waals surface area contributed by atoms with E-state index in [1.807, 2.05) is 6.92 Å². The molecule has 0 aliphatic rings. The van der Waals surface area contributed by atoms with Crippen LogP contribution in [0.1, 0.15) is 17.3 Å². The predicted octanol–water partition coefficient (Wildman–Crippen LogP) is 2.63. The Morgan fingerprint density at radius 3 is 2.60 bits per heavy atom. The summed E-state index contributed by atoms with van der Waals surface area (Å²) in [6.45, 7) is 2.49. The van der Waals surface area contributed by atoms with E-state index >= 15 is 0 Å². The molecular weight excluding hydrogens is 256 g/mol. The van der Waals surface area contributed by atoms with Crippen LogP contribution >= 0.6 is 0 Å². The SMILES string of the molecule is CCOc1ccc(NC(=O)c2cccc(N)c2O)cc1. The first kappa shape index (κ1) is 13.7. The van der Waals surface area contributed by atoms with Gasteiger partial charge in [0.15, 0.2) is 5.75 Å². The molecule has 5 heteroatoms. The van der Waals surface area contributed by atoms with E-state index in [0.717, 1.165) is 5.75 Å². The lowest BCUT2D eigenvalue weighted by Gasteiger charge is -2.09. The highest BCUT2D eigenvalue weighted by atomic mass is 16.5. The average molecular weight is 272 g/mol. The number of benzene rings is 2. The number of phenolic OH excluding ortho intramolecular Hbond substituents is 1. The first-order valence-electron chi connectivity index (χ1n) is 6.23. The third-order valence-electron chi connectivity index (χ3n) is 2.74. The number of hydrogen-bond donors (Lipinski definition) is 3. The van der Waals surface area contributed by atoms with Crippen molar-refractivity contribution in [1.82, 2.24) is 0 Å². The lowest BCUT2D eigenvalue weighted by atomic mass is 10.1. The molecule has 0 saturated carbocycles. The van der Waals surface area contributed by atoms with Gasteiger partial charge < -0.3 is 20.9 Å². The van der Waals surface area contributed by atoms with E-state index in [1.54, 1.807) is 30.3 Å². The summed E-state index contributed by atoms with van der Waals surface area (Å²) in [7, 11) is 0. The van der Waals surface area contributed by atoms with Crippen molar-refractivity contribution in [2.24, 2.45) is 0 Å². The minimum atomic E-state index is -0.418. The molecule has 0 saturated heterocycles. The van der Waals surface area contributed by atoms with Gasteiger partial charge in [-0.3, -0.25) is 4.79 Å². The maximum atomic E-state index is 12.0. The molecule has 20 heavy (non-hydrogen) atoms. The molecule has 0 unspecified atom stereocenters. The monoisotopic (exact) mass is 272 g/mol. The number of carbonyl (C=O) groups excluding carboxylic acids is 1. The van der Waals surface area contributed by atoms with E-state index < -0.39 is 5.91 Å². The first-order chi connectivity index (χ1) is 9.61. The van der Waals surface area contributed by atoms with E-state index in [9.17, 15) is 9.90 Å². The summed E-state index contributed by atoms with van der Waals surface area (Å²) in [5.41, 5.74) is 6.48. The van der Waals surface area contributed by atoms with Crippen LogP contribution in [0.4, 0.5) is 11.4 Å². The smallest absolute Gasteiger partial charge is 0.259 e. The van der Waals surface area contributed by atoms with Gasteiger partial charge in [0, 0.05) is 5.69 Å². The number of rotatable bonds is 4. The highest BCUT2D eigenvalue weighted by Crippen LogP contribution is 2.25. The van der Waals surface area contributed by atoms with Crippen LogP contribution in [-0.4, -0.2) is 17.6 Å². The third kappa shape index (κ3) is 3.00. The Balaban J connectivity index is 2.13. The van der Waals surface area contributed by atoms with Gasteiger partial charge in [-0.2, -0.15) is 0 Å². The van der Waals surface area contributed by atoms with Crippen LogP contribution in [-0.2, 0) is 0 Å². The molecule has 104 valence electrons. The summed E-state index contributed by atoms with van der Waals surface area (Å²) in [4.78, 5) is 12.0. The molecule has 4 N–H and O–H groups in total. The zero-order valence-corrected chi connectivity index (χ0v) is 11.1. The standard InChI is InChI=1S/C15H16N2O3/c1-2-20-11-8-6-10(7-9-11)17-15(19)12-4-3-5-13(16)14(12)18/h3-9,18H,2,16H2,1H3,(H,17,19). The molecule has 0 bridgehead atoms. The summed E-state index contributed by atoms with van der Waals surface area (Å²) < 4.78 is 5.32. The van der Waals surface area contributed by atoms with Crippen molar-refractivity contribution < 1.29 is 14.6 Å². The quantitative estimate of drug-likeness (QED) is 0.590. The topological polar surface area (TPSA) is 84.6 Å². The van der Waals surface area contributed by atoms with Crippen LogP contribution in [0.5, 0.6) is 11.5 Å². The second-order valence-electron chi connectivity index (χ2n) is 4.15. The van der Waals surface area contributed by atoms with Gasteiger partial charge in [-0.05, 0) is 43.3 Å². The van der Waals surface area contributed by atoms with Crippen molar-refractivity contribution in [3.05, 3.63) is 48.0 Å². The summed E-state index contributed by atoms with van der Waals surface area (Å²) in [6.07, 6.45) is 0. The van der Waals surface area contributed by atoms with Crippen LogP contribution in [0, 0.1) is 0 Å². The van der Waals surface area contributed by atoms with E-state index in [4.69, 9.17) is 10.5 Å². The number of ether oxygens (including phenoxy) is 1. The van der Waals surface area contributed by atoms with E-state index in [2.05, 4.69) is 5.32 Å². The molecule has 0 fully saturated rings. The number of para-hydroxylation sites is 1. The molecule has 5 nitrogen and oxygen atoms in total. The molecule has 2 rings (SSSR count). The van der Waals surface area contributed by atoms with Gasteiger partial charge in [0.2, 0.25) is 0 Å². The van der Waals surface area contributed by atoms with E-state index in [1.165, 1.54) is 12.1 Å². The fourth-order valence-electron chi connectivity index (χ4n) is 1.74. The molecule has 2 aromatic carbocycles. The van der Waals surface area contributed by atoms with Gasteiger partial charge in [-0.1, -0.05) is 6.07 Å². The molecule has 0 aliphatic heterocycles. The molecule has 0 aromatic heterocycles. The number of carbonyl (C=O) groups is 1. The number of hydrogen-bond acceptors (Lipinski definition) is 4. The number of nitrogens with two attached hydrogens (primary N) is 1. The molecule has 0 radical (unpaired) electrons. The van der Waals surface area contributed by atoms with Gasteiger partial charge in [0.05, 0.1) is 17.9 Å². The number of anilines is 2. The van der Waals surface area contributed by atoms with Gasteiger partial charge >= 0.3 is 0 Å². The fourth-order valence-corrected chi connectivity index (χ4v) is 1.74. The zero-order chi connectivity index (χ0) is 14.5. The van der Waals surface area contributed by atoms with Crippen LogP contribution in [0.3, 0.4) is 0 Å². The van der Waals surface area contributed by atoms with Gasteiger partial charge in [-0.25, -0.2) is 0 Å². The van der Waals surface area contributed by atoms with Crippen LogP contribution in [0.2, 0.25) is 0 Å². The number of nitrogen functional groups attached to an aromatic ring is 1. The molecule has 0 aliphatic carbocycles. The molecule has 2 aromatic rings. The number of aromatic hydroxyl groups is 1. The highest BCUT2D eigenvalue weighted by molar-refractivity contribution is 6.07. The lowest BCUT2D eigenvalue weighted by molar-refractivity contribution is 0.102. The number of amides is 1. The Labute approximate surface area is 117 Å². The Kier molecular flexibility index (Phi) is 4.10. The van der Waals surface area contributed by atoms with Crippen LogP contribution < -0.4 is 15.8 Å². The molecule has 0 spiro atoms. The fraction of sp³-hybridized carbons (Fsp3) is 0.133. The average Bonchev–Trinajstić information content (AvgIpc) is 2.44. The van der Waals surface area contributed by atoms with Crippen molar-refractivity contribution in [1.29, 1.82) is 0 Å². The Morgan fingerprint density at radius 2 is 1.95 bits per heavy atom. The minimum absolute atomic E-state index is 0.138. The number of phenols is 1. The van der Waals surface area contributed by atoms with E-state index in [0.29, 0.717) is 12.3 Å². The molecule has 0 atom stereocenters. The molecular formula is C15H16N2O3. The summed E-state index contributed by atoms with van der Waals surface area (Å²) >= 11 is 0. The second kappa shape index (κ2) is 5.97. The van der Waals surface area contributed by atoms with Crippen molar-refractivity contribution in [3.63, 3.8) is 0 Å². The Morgan fingerprint density at radius 1 is 1.25 bits per heavy atom. The number of nitrogens with one attached hydrogen (secondary N) is 1. The van der Waals surface area contributed by atoms with Crippen molar-refractivity contribution in [2.75, 3.05) is 17.7 Å². The van der Waals surface area contributed by atoms with Crippen LogP contribution in [0.25, 0.3) is 0 Å². The highest BCUT2D eigenvalue weighted by Gasteiger charge is 2.13. The maximum Gasteiger partial charge on any atom is 0.259 e. The van der Waals surface area contributed by atoms with Gasteiger partial charge in [0.25, 0.3) is 5.91 Å². The maximum absolute atomic E-state index is 12.0. The largest absolute Gasteiger partial charge is 0.505 e. The van der Waals surface area contributed by atoms with Gasteiger partial charge in [-0.15, -0.1) is 0 Å². The Hall–Kier alpha value is -2.69. The van der Waals surface area contributed by atoms with Gasteiger partial charge in [0.1, 0.15) is 5.75 Å². The van der Waals surface area contributed by atoms with E-state index in [-0.39, 0.29) is 17.0 Å². The summed E-state index contributed by atoms with van der Waals surface area (Å²) in [6, 6.07) is 11.6. The molecule has 1 amide bonds. The van der Waals surface area contributed by atoms with Crippen molar-refractivity contribution in [3.8, 4) is 11.5 Å². The zero-order valence-electron chi connectivity index (χ0n) is 11.1. The normalized spacial score (nSPS) is 10.1. The first-order valence-corrected chi connectivity index (χ1v) is 6.23. The lowest BCUT2D eigenvalue weighted by Crippen LogP contribution is -2.12. The predicted molar refractivity (Wildman–Crippen MR) is 78.1 cm³/mol. The molecule has 0 heterocycles. The minimum Gasteiger partial charge on any atom is -0.505 e. The Bertz CT molecular complexity index is 609. The second-order valence-corrected chi connectivity index (χ2v) is 4.15. The summed E-state index contributed by atoms with van der Waals surface area (Å²) in [5, 5.41) is 12.4. The van der Waals surface area contributed by atoms with Crippen molar-refractivity contribution in [2.45, 2.75) is 6.92 Å². The van der Waals surface area contributed by atoms with Crippen molar-refractivity contribution >= 4 is 17.3 Å². The third-order valence-corrected chi connectivity index (χ3v) is 2.74. The van der Waals surface area contributed by atoms with Crippen LogP contribution in [0.15, 0.2) is 42.5 Å².